The number of nitrogens with zero attached hydrogens (tertiary/aromatic N) is 4. The van der Waals surface area contributed by atoms with Crippen molar-refractivity contribution in [3.8, 4) is 5.75 Å². The summed E-state index contributed by atoms with van der Waals surface area (Å²) >= 11 is 0. The molecule has 2 heterocycles. The maximum atomic E-state index is 12.4. The number of amides is 1. The third kappa shape index (κ3) is 4.13. The lowest BCUT2D eigenvalue weighted by Gasteiger charge is -2.32. The molecule has 1 saturated heterocycles. The van der Waals surface area contributed by atoms with E-state index in [0.717, 1.165) is 43.7 Å². The van der Waals surface area contributed by atoms with Crippen molar-refractivity contribution >= 4 is 5.91 Å². The summed E-state index contributed by atoms with van der Waals surface area (Å²) in [6, 6.07) is 8.19. The topological polar surface area (TPSA) is 60.2 Å². The molecule has 2 aromatic rings. The number of hydrogen-bond donors (Lipinski definition) is 0. The Balaban J connectivity index is 1.42. The lowest BCUT2D eigenvalue weighted by atomic mass is 10.1. The highest BCUT2D eigenvalue weighted by atomic mass is 16.5. The van der Waals surface area contributed by atoms with E-state index in [1.165, 1.54) is 0 Å². The minimum Gasteiger partial charge on any atom is -0.493 e. The van der Waals surface area contributed by atoms with Crippen LogP contribution in [0.1, 0.15) is 37.3 Å². The highest BCUT2D eigenvalue weighted by Gasteiger charge is 2.24. The average Bonchev–Trinajstić information content (AvgIpc) is 3.15. The molecule has 1 amide bonds. The minimum absolute atomic E-state index is 0.202. The first-order valence-electron chi connectivity index (χ1n) is 8.54. The molecule has 1 aliphatic rings. The molecule has 0 bridgehead atoms. The van der Waals surface area contributed by atoms with Crippen molar-refractivity contribution in [3.05, 3.63) is 42.5 Å². The number of hydrogen-bond acceptors (Lipinski definition) is 4. The molecule has 0 radical (unpaired) electrons. The van der Waals surface area contributed by atoms with Gasteiger partial charge in [-0.25, -0.2) is 9.67 Å². The predicted molar refractivity (Wildman–Crippen MR) is 90.8 cm³/mol. The average molecular weight is 328 g/mol. The standard InChI is InChI=1S/C18H24N4O2/c1-15-6-2-3-8-17(15)24-11-5-9-18(23)21-10-4-7-16(12-21)22-14-19-13-20-22/h2-3,6,8,13-14,16H,4-5,7,9-12H2,1H3/t16-/m1/s1. The van der Waals surface area contributed by atoms with Gasteiger partial charge in [0.25, 0.3) is 0 Å². The Morgan fingerprint density at radius 1 is 1.38 bits per heavy atom. The number of aryl methyl sites for hydroxylation is 1. The zero-order valence-electron chi connectivity index (χ0n) is 14.1. The molecule has 1 aromatic carbocycles. The van der Waals surface area contributed by atoms with Gasteiger partial charge in [-0.1, -0.05) is 18.2 Å². The first kappa shape index (κ1) is 16.5. The summed E-state index contributed by atoms with van der Waals surface area (Å²) < 4.78 is 7.62. The van der Waals surface area contributed by atoms with Crippen molar-refractivity contribution in [3.63, 3.8) is 0 Å². The van der Waals surface area contributed by atoms with Crippen LogP contribution in [0, 0.1) is 6.92 Å². The summed E-state index contributed by atoms with van der Waals surface area (Å²) in [5.74, 6) is 1.10. The number of aromatic nitrogens is 3. The molecule has 6 heteroatoms. The van der Waals surface area contributed by atoms with Gasteiger partial charge in [0.1, 0.15) is 18.4 Å². The quantitative estimate of drug-likeness (QED) is 0.765. The van der Waals surface area contributed by atoms with E-state index in [1.807, 2.05) is 40.8 Å². The molecule has 0 unspecified atom stereocenters. The number of rotatable bonds is 6. The van der Waals surface area contributed by atoms with Crippen LogP contribution < -0.4 is 4.74 Å². The summed E-state index contributed by atoms with van der Waals surface area (Å²) in [4.78, 5) is 18.4. The molecule has 128 valence electrons. The first-order chi connectivity index (χ1) is 11.7. The highest BCUT2D eigenvalue weighted by molar-refractivity contribution is 5.76. The van der Waals surface area contributed by atoms with E-state index >= 15 is 0 Å². The number of carbonyl (C=O) groups is 1. The maximum absolute atomic E-state index is 12.4. The molecular formula is C18H24N4O2. The molecule has 0 spiro atoms. The lowest BCUT2D eigenvalue weighted by molar-refractivity contribution is -0.133. The third-order valence-corrected chi connectivity index (χ3v) is 4.45. The molecule has 6 nitrogen and oxygen atoms in total. The second kappa shape index (κ2) is 7.95. The molecule has 1 aromatic heterocycles. The number of ether oxygens (including phenoxy) is 1. The largest absolute Gasteiger partial charge is 0.493 e. The number of carbonyl (C=O) groups excluding carboxylic acids is 1. The first-order valence-corrected chi connectivity index (χ1v) is 8.54. The van der Waals surface area contributed by atoms with Gasteiger partial charge in [-0.3, -0.25) is 4.79 Å². The zero-order valence-corrected chi connectivity index (χ0v) is 14.1. The van der Waals surface area contributed by atoms with E-state index in [4.69, 9.17) is 4.74 Å². The summed E-state index contributed by atoms with van der Waals surface area (Å²) in [5.41, 5.74) is 1.12. The van der Waals surface area contributed by atoms with Crippen LogP contribution in [0.25, 0.3) is 0 Å². The van der Waals surface area contributed by atoms with Gasteiger partial charge in [0.15, 0.2) is 0 Å². The van der Waals surface area contributed by atoms with E-state index in [9.17, 15) is 4.79 Å². The fourth-order valence-corrected chi connectivity index (χ4v) is 3.09. The van der Waals surface area contributed by atoms with Gasteiger partial charge in [-0.15, -0.1) is 0 Å². The highest BCUT2D eigenvalue weighted by Crippen LogP contribution is 2.21. The summed E-state index contributed by atoms with van der Waals surface area (Å²) in [7, 11) is 0. The van der Waals surface area contributed by atoms with Gasteiger partial charge >= 0.3 is 0 Å². The summed E-state index contributed by atoms with van der Waals surface area (Å²) in [5, 5.41) is 4.20. The van der Waals surface area contributed by atoms with Gasteiger partial charge in [-0.2, -0.15) is 5.10 Å². The Bertz CT molecular complexity index is 657. The number of piperidine rings is 1. The van der Waals surface area contributed by atoms with E-state index < -0.39 is 0 Å². The molecular weight excluding hydrogens is 304 g/mol. The number of likely N-dealkylation sites (tertiary alicyclic amines) is 1. The Morgan fingerprint density at radius 2 is 2.25 bits per heavy atom. The van der Waals surface area contributed by atoms with Crippen molar-refractivity contribution in [2.45, 2.75) is 38.6 Å². The number of para-hydroxylation sites is 1. The fraction of sp³-hybridized carbons (Fsp3) is 0.500. The van der Waals surface area contributed by atoms with Crippen LogP contribution >= 0.6 is 0 Å². The van der Waals surface area contributed by atoms with Gasteiger partial charge in [0.2, 0.25) is 5.91 Å². The van der Waals surface area contributed by atoms with Crippen molar-refractivity contribution in [1.82, 2.24) is 19.7 Å². The van der Waals surface area contributed by atoms with Crippen LogP contribution in [0.5, 0.6) is 5.75 Å². The monoisotopic (exact) mass is 328 g/mol. The van der Waals surface area contributed by atoms with Gasteiger partial charge in [0, 0.05) is 19.5 Å². The molecule has 0 saturated carbocycles. The predicted octanol–water partition coefficient (Wildman–Crippen LogP) is 2.61. The summed E-state index contributed by atoms with van der Waals surface area (Å²) in [6.45, 7) is 4.15. The van der Waals surface area contributed by atoms with Crippen molar-refractivity contribution < 1.29 is 9.53 Å². The second-order valence-electron chi connectivity index (χ2n) is 6.23. The Labute approximate surface area is 142 Å². The third-order valence-electron chi connectivity index (χ3n) is 4.45. The maximum Gasteiger partial charge on any atom is 0.222 e. The van der Waals surface area contributed by atoms with Crippen molar-refractivity contribution in [2.24, 2.45) is 0 Å². The van der Waals surface area contributed by atoms with Crippen LogP contribution in [0.4, 0.5) is 0 Å². The van der Waals surface area contributed by atoms with Crippen LogP contribution in [-0.2, 0) is 4.79 Å². The van der Waals surface area contributed by atoms with Gasteiger partial charge < -0.3 is 9.64 Å². The zero-order chi connectivity index (χ0) is 16.8. The molecule has 3 rings (SSSR count). The molecule has 0 aliphatic carbocycles. The fourth-order valence-electron chi connectivity index (χ4n) is 3.09. The van der Waals surface area contributed by atoms with Crippen LogP contribution in [-0.4, -0.2) is 45.3 Å². The van der Waals surface area contributed by atoms with Crippen molar-refractivity contribution in [1.29, 1.82) is 0 Å². The smallest absolute Gasteiger partial charge is 0.222 e. The van der Waals surface area contributed by atoms with Crippen LogP contribution in [0.15, 0.2) is 36.9 Å². The normalized spacial score (nSPS) is 17.7. The lowest BCUT2D eigenvalue weighted by Crippen LogP contribution is -2.40. The van der Waals surface area contributed by atoms with Gasteiger partial charge in [-0.05, 0) is 37.8 Å². The molecule has 1 fully saturated rings. The molecule has 24 heavy (non-hydrogen) atoms. The van der Waals surface area contributed by atoms with E-state index in [-0.39, 0.29) is 11.9 Å². The second-order valence-corrected chi connectivity index (χ2v) is 6.23. The van der Waals surface area contributed by atoms with E-state index in [2.05, 4.69) is 10.1 Å². The summed E-state index contributed by atoms with van der Waals surface area (Å²) in [6.07, 6.45) is 6.59. The SMILES string of the molecule is Cc1ccccc1OCCCC(=O)N1CCC[C@@H](n2cncn2)C1. The molecule has 1 aliphatic heterocycles. The molecule has 0 N–H and O–H groups in total. The molecule has 1 atom stereocenters. The Kier molecular flexibility index (Phi) is 5.46. The van der Waals surface area contributed by atoms with E-state index in [0.29, 0.717) is 13.0 Å². The van der Waals surface area contributed by atoms with Crippen LogP contribution in [0.2, 0.25) is 0 Å². The Hall–Kier alpha value is -2.37. The van der Waals surface area contributed by atoms with Crippen LogP contribution in [0.3, 0.4) is 0 Å². The Morgan fingerprint density at radius 3 is 3.04 bits per heavy atom. The van der Waals surface area contributed by atoms with E-state index in [1.54, 1.807) is 12.7 Å². The minimum atomic E-state index is 0.202. The van der Waals surface area contributed by atoms with Crippen molar-refractivity contribution in [2.75, 3.05) is 19.7 Å². The number of benzene rings is 1. The van der Waals surface area contributed by atoms with Gasteiger partial charge in [0.05, 0.1) is 12.6 Å².